The highest BCUT2D eigenvalue weighted by atomic mass is 19.1. The minimum absolute atomic E-state index is 0.0871. The van der Waals surface area contributed by atoms with Crippen LogP contribution < -0.4 is 4.74 Å². The third-order valence-corrected chi connectivity index (χ3v) is 2.73. The van der Waals surface area contributed by atoms with Crippen molar-refractivity contribution in [3.8, 4) is 11.5 Å². The molecule has 1 aromatic carbocycles. The maximum Gasteiger partial charge on any atom is 0.168 e. The van der Waals surface area contributed by atoms with E-state index in [9.17, 15) is 4.39 Å². The zero-order valence-corrected chi connectivity index (χ0v) is 8.99. The Morgan fingerprint density at radius 2 is 2.12 bits per heavy atom. The van der Waals surface area contributed by atoms with Crippen LogP contribution in [-0.4, -0.2) is 24.9 Å². The number of aromatic hydroxyl groups is 1. The molecule has 16 heavy (non-hydrogen) atoms. The highest BCUT2D eigenvalue weighted by Gasteiger charge is 2.15. The van der Waals surface area contributed by atoms with Crippen LogP contribution in [0.4, 0.5) is 4.39 Å². The number of phenols is 1. The molecule has 0 spiro atoms. The summed E-state index contributed by atoms with van der Waals surface area (Å²) >= 11 is 0. The van der Waals surface area contributed by atoms with Gasteiger partial charge in [0.15, 0.2) is 11.6 Å². The summed E-state index contributed by atoms with van der Waals surface area (Å²) in [4.78, 5) is 0. The summed E-state index contributed by atoms with van der Waals surface area (Å²) in [6, 6.07) is 3.92. The molecule has 4 heteroatoms. The fraction of sp³-hybridized carbons (Fsp3) is 0.500. The summed E-state index contributed by atoms with van der Waals surface area (Å²) in [7, 11) is 0. The summed E-state index contributed by atoms with van der Waals surface area (Å²) in [5.41, 5.74) is 0. The molecule has 1 saturated heterocycles. The number of phenolic OH excluding ortho intramolecular Hbond substituents is 1. The van der Waals surface area contributed by atoms with Crippen LogP contribution in [0, 0.1) is 11.7 Å². The first-order valence-electron chi connectivity index (χ1n) is 5.45. The normalized spacial score (nSPS) is 17.3. The predicted octanol–water partition coefficient (Wildman–Crippen LogP) is 2.34. The number of hydrogen-bond acceptors (Lipinski definition) is 3. The lowest BCUT2D eigenvalue weighted by molar-refractivity contribution is 0.0491. The molecule has 0 bridgehead atoms. The van der Waals surface area contributed by atoms with Crippen LogP contribution >= 0.6 is 0 Å². The van der Waals surface area contributed by atoms with Gasteiger partial charge in [0.25, 0.3) is 0 Å². The monoisotopic (exact) mass is 226 g/mol. The zero-order valence-electron chi connectivity index (χ0n) is 8.99. The number of hydrogen-bond donors (Lipinski definition) is 1. The summed E-state index contributed by atoms with van der Waals surface area (Å²) in [5, 5.41) is 9.04. The molecular weight excluding hydrogens is 211 g/mol. The van der Waals surface area contributed by atoms with Crippen molar-refractivity contribution in [2.45, 2.75) is 12.8 Å². The quantitative estimate of drug-likeness (QED) is 0.859. The van der Waals surface area contributed by atoms with Gasteiger partial charge in [0, 0.05) is 19.3 Å². The second-order valence-electron chi connectivity index (χ2n) is 3.98. The third-order valence-electron chi connectivity index (χ3n) is 2.73. The minimum Gasteiger partial charge on any atom is -0.508 e. The van der Waals surface area contributed by atoms with Gasteiger partial charge in [-0.05, 0) is 30.9 Å². The van der Waals surface area contributed by atoms with Crippen LogP contribution in [0.25, 0.3) is 0 Å². The van der Waals surface area contributed by atoms with Crippen molar-refractivity contribution in [1.29, 1.82) is 0 Å². The van der Waals surface area contributed by atoms with E-state index in [1.807, 2.05) is 0 Å². The molecule has 1 heterocycles. The van der Waals surface area contributed by atoms with Crippen molar-refractivity contribution in [2.75, 3.05) is 19.8 Å². The predicted molar refractivity (Wildman–Crippen MR) is 57.1 cm³/mol. The van der Waals surface area contributed by atoms with Crippen LogP contribution in [0.15, 0.2) is 18.2 Å². The van der Waals surface area contributed by atoms with Crippen molar-refractivity contribution in [1.82, 2.24) is 0 Å². The number of ether oxygens (including phenoxy) is 2. The Labute approximate surface area is 93.8 Å². The van der Waals surface area contributed by atoms with E-state index < -0.39 is 5.82 Å². The summed E-state index contributed by atoms with van der Waals surface area (Å²) in [5.74, 6) is 0.0224. The topological polar surface area (TPSA) is 38.7 Å². The Morgan fingerprint density at radius 1 is 1.38 bits per heavy atom. The Hall–Kier alpha value is -1.29. The smallest absolute Gasteiger partial charge is 0.168 e. The highest BCUT2D eigenvalue weighted by molar-refractivity contribution is 5.32. The van der Waals surface area contributed by atoms with Crippen molar-refractivity contribution in [2.24, 2.45) is 5.92 Å². The van der Waals surface area contributed by atoms with Crippen LogP contribution in [0.3, 0.4) is 0 Å². The standard InChI is InChI=1S/C12H15FO3/c13-11-7-10(14)1-2-12(11)16-8-9-3-5-15-6-4-9/h1-2,7,9,14H,3-6,8H2. The lowest BCUT2D eigenvalue weighted by Gasteiger charge is -2.22. The second-order valence-corrected chi connectivity index (χ2v) is 3.98. The largest absolute Gasteiger partial charge is 0.508 e. The van der Waals surface area contributed by atoms with Gasteiger partial charge in [-0.3, -0.25) is 0 Å². The molecule has 1 N–H and O–H groups in total. The van der Waals surface area contributed by atoms with E-state index in [0.29, 0.717) is 12.5 Å². The van der Waals surface area contributed by atoms with Crippen molar-refractivity contribution < 1.29 is 19.0 Å². The Balaban J connectivity index is 1.88. The Kier molecular flexibility index (Phi) is 3.62. The first-order valence-corrected chi connectivity index (χ1v) is 5.45. The third kappa shape index (κ3) is 2.85. The molecule has 0 aromatic heterocycles. The molecular formula is C12H15FO3. The molecule has 0 atom stereocenters. The van der Waals surface area contributed by atoms with E-state index >= 15 is 0 Å². The molecule has 2 rings (SSSR count). The van der Waals surface area contributed by atoms with E-state index in [2.05, 4.69) is 0 Å². The lowest BCUT2D eigenvalue weighted by Crippen LogP contribution is -2.21. The minimum atomic E-state index is -0.521. The maximum absolute atomic E-state index is 13.3. The summed E-state index contributed by atoms with van der Waals surface area (Å²) < 4.78 is 23.9. The molecule has 0 radical (unpaired) electrons. The lowest BCUT2D eigenvalue weighted by atomic mass is 10.0. The molecule has 0 aliphatic carbocycles. The maximum atomic E-state index is 13.3. The van der Waals surface area contributed by atoms with E-state index in [-0.39, 0.29) is 11.5 Å². The average molecular weight is 226 g/mol. The van der Waals surface area contributed by atoms with Crippen molar-refractivity contribution in [3.05, 3.63) is 24.0 Å². The number of rotatable bonds is 3. The van der Waals surface area contributed by atoms with Crippen LogP contribution in [0.5, 0.6) is 11.5 Å². The second kappa shape index (κ2) is 5.16. The molecule has 0 unspecified atom stereocenters. The SMILES string of the molecule is Oc1ccc(OCC2CCOCC2)c(F)c1. The van der Waals surface area contributed by atoms with Crippen LogP contribution in [-0.2, 0) is 4.74 Å². The summed E-state index contributed by atoms with van der Waals surface area (Å²) in [6.45, 7) is 2.02. The Morgan fingerprint density at radius 3 is 2.81 bits per heavy atom. The van der Waals surface area contributed by atoms with Crippen molar-refractivity contribution >= 4 is 0 Å². The fourth-order valence-electron chi connectivity index (χ4n) is 1.73. The van der Waals surface area contributed by atoms with E-state index in [0.717, 1.165) is 32.1 Å². The van der Waals surface area contributed by atoms with Gasteiger partial charge < -0.3 is 14.6 Å². The first kappa shape index (κ1) is 11.2. The van der Waals surface area contributed by atoms with Gasteiger partial charge in [-0.1, -0.05) is 0 Å². The molecule has 0 amide bonds. The number of halogens is 1. The molecule has 1 aliphatic rings. The van der Waals surface area contributed by atoms with Crippen molar-refractivity contribution in [3.63, 3.8) is 0 Å². The number of benzene rings is 1. The van der Waals surface area contributed by atoms with E-state index in [1.54, 1.807) is 0 Å². The van der Waals surface area contributed by atoms with Gasteiger partial charge in [-0.15, -0.1) is 0 Å². The van der Waals surface area contributed by atoms with E-state index in [1.165, 1.54) is 12.1 Å². The van der Waals surface area contributed by atoms with Crippen LogP contribution in [0.1, 0.15) is 12.8 Å². The van der Waals surface area contributed by atoms with Gasteiger partial charge >= 0.3 is 0 Å². The molecule has 1 aromatic rings. The zero-order chi connectivity index (χ0) is 11.4. The van der Waals surface area contributed by atoms with Gasteiger partial charge in [0.05, 0.1) is 6.61 Å². The van der Waals surface area contributed by atoms with Gasteiger partial charge in [0.2, 0.25) is 0 Å². The molecule has 0 saturated carbocycles. The average Bonchev–Trinajstić information content (AvgIpc) is 2.29. The molecule has 3 nitrogen and oxygen atoms in total. The van der Waals surface area contributed by atoms with Gasteiger partial charge in [-0.2, -0.15) is 0 Å². The van der Waals surface area contributed by atoms with Crippen LogP contribution in [0.2, 0.25) is 0 Å². The van der Waals surface area contributed by atoms with Gasteiger partial charge in [-0.25, -0.2) is 4.39 Å². The van der Waals surface area contributed by atoms with Gasteiger partial charge in [0.1, 0.15) is 5.75 Å². The highest BCUT2D eigenvalue weighted by Crippen LogP contribution is 2.23. The molecule has 1 aliphatic heterocycles. The Bertz CT molecular complexity index is 348. The molecule has 1 fully saturated rings. The first-order chi connectivity index (χ1) is 7.75. The molecule has 88 valence electrons. The summed E-state index contributed by atoms with van der Waals surface area (Å²) in [6.07, 6.45) is 1.92. The van der Waals surface area contributed by atoms with E-state index in [4.69, 9.17) is 14.6 Å². The fourth-order valence-corrected chi connectivity index (χ4v) is 1.73.